The first-order valence-corrected chi connectivity index (χ1v) is 12.9. The van der Waals surface area contributed by atoms with Gasteiger partial charge in [-0.2, -0.15) is 0 Å². The van der Waals surface area contributed by atoms with Crippen molar-refractivity contribution in [2.24, 2.45) is 34.5 Å². The average Bonchev–Trinajstić information content (AvgIpc) is 3.25. The van der Waals surface area contributed by atoms with E-state index in [2.05, 4.69) is 13.8 Å². The van der Waals surface area contributed by atoms with Gasteiger partial charge in [0.2, 0.25) is 0 Å². The Morgan fingerprint density at radius 1 is 1.03 bits per heavy atom. The monoisotopic (exact) mass is 474 g/mol. The van der Waals surface area contributed by atoms with Crippen molar-refractivity contribution in [1.29, 1.82) is 0 Å². The lowest BCUT2D eigenvalue weighted by Crippen LogP contribution is -2.62. The number of ether oxygens (including phenoxy) is 3. The third-order valence-electron chi connectivity index (χ3n) is 10.5. The molecule has 0 aromatic heterocycles. The second-order valence-corrected chi connectivity index (χ2v) is 12.0. The van der Waals surface area contributed by atoms with E-state index in [4.69, 9.17) is 14.2 Å². The molecule has 0 bridgehead atoms. The molecule has 4 saturated carbocycles. The Hall–Kier alpha value is -1.89. The van der Waals surface area contributed by atoms with E-state index in [-0.39, 0.29) is 47.9 Å². The zero-order chi connectivity index (χ0) is 24.5. The minimum atomic E-state index is -0.978. The van der Waals surface area contributed by atoms with E-state index in [0.29, 0.717) is 18.3 Å². The Kier molecular flexibility index (Phi) is 5.66. The molecule has 1 N–H and O–H groups in total. The van der Waals surface area contributed by atoms with Crippen molar-refractivity contribution in [2.45, 2.75) is 96.9 Å². The molecule has 4 aliphatic carbocycles. The Labute approximate surface area is 201 Å². The normalized spacial score (nSPS) is 47.6. The first-order valence-electron chi connectivity index (χ1n) is 12.9. The van der Waals surface area contributed by atoms with E-state index in [9.17, 15) is 19.5 Å². The highest BCUT2D eigenvalue weighted by atomic mass is 16.6. The van der Waals surface area contributed by atoms with Gasteiger partial charge < -0.3 is 19.3 Å². The Morgan fingerprint density at radius 3 is 2.41 bits per heavy atom. The van der Waals surface area contributed by atoms with Gasteiger partial charge in [0.05, 0.1) is 5.60 Å². The van der Waals surface area contributed by atoms with Gasteiger partial charge in [-0.3, -0.25) is 9.59 Å². The summed E-state index contributed by atoms with van der Waals surface area (Å²) < 4.78 is 16.6. The van der Waals surface area contributed by atoms with Crippen molar-refractivity contribution in [3.63, 3.8) is 0 Å². The molecule has 4 fully saturated rings. The summed E-state index contributed by atoms with van der Waals surface area (Å²) in [5, 5.41) is 12.5. The fraction of sp³-hybridized carbons (Fsp3) is 0.815. The first-order chi connectivity index (χ1) is 16.0. The quantitative estimate of drug-likeness (QED) is 0.492. The summed E-state index contributed by atoms with van der Waals surface area (Å²) in [7, 11) is 0. The van der Waals surface area contributed by atoms with Gasteiger partial charge in [0.1, 0.15) is 18.8 Å². The van der Waals surface area contributed by atoms with Crippen molar-refractivity contribution in [3.8, 4) is 0 Å². The van der Waals surface area contributed by atoms with Crippen LogP contribution in [0, 0.1) is 34.5 Å². The fourth-order valence-corrected chi connectivity index (χ4v) is 9.08. The van der Waals surface area contributed by atoms with Gasteiger partial charge >= 0.3 is 17.9 Å². The van der Waals surface area contributed by atoms with Crippen LogP contribution >= 0.6 is 0 Å². The predicted octanol–water partition coefficient (Wildman–Crippen LogP) is 3.72. The molecule has 9 atom stereocenters. The predicted molar refractivity (Wildman–Crippen MR) is 122 cm³/mol. The highest BCUT2D eigenvalue weighted by molar-refractivity contribution is 5.85. The van der Waals surface area contributed by atoms with Crippen molar-refractivity contribution in [2.75, 3.05) is 6.61 Å². The number of aliphatic hydroxyl groups is 1. The number of esters is 3. The van der Waals surface area contributed by atoms with E-state index in [1.54, 1.807) is 6.08 Å². The van der Waals surface area contributed by atoms with Gasteiger partial charge in [0.15, 0.2) is 0 Å². The van der Waals surface area contributed by atoms with E-state index >= 15 is 0 Å². The maximum Gasteiger partial charge on any atom is 0.331 e. The summed E-state index contributed by atoms with van der Waals surface area (Å²) in [6.45, 7) is 7.61. The molecule has 5 rings (SSSR count). The minimum Gasteiger partial charge on any atom is -0.463 e. The van der Waals surface area contributed by atoms with E-state index in [0.717, 1.165) is 50.5 Å². The Morgan fingerprint density at radius 2 is 1.76 bits per heavy atom. The molecular formula is C27H38O7. The summed E-state index contributed by atoms with van der Waals surface area (Å²) in [6, 6.07) is 0. The first kappa shape index (κ1) is 23.8. The molecular weight excluding hydrogens is 436 g/mol. The van der Waals surface area contributed by atoms with Gasteiger partial charge in [-0.25, -0.2) is 4.79 Å². The number of fused-ring (bicyclic) bond motifs is 5. The van der Waals surface area contributed by atoms with Crippen LogP contribution in [0.2, 0.25) is 0 Å². The molecule has 7 heteroatoms. The second-order valence-electron chi connectivity index (χ2n) is 12.0. The van der Waals surface area contributed by atoms with E-state index in [1.807, 2.05) is 0 Å². The number of hydrogen-bond donors (Lipinski definition) is 1. The standard InChI is InChI=1S/C27H38O7/c1-15(28)33-19-7-9-25(3)18(12-19)5-6-21-20(25)8-10-26(4)24(17-11-23(30)32-14-17)22(34-16(2)29)13-27(21,26)31/h11,18-22,24,31H,5-10,12-14H2,1-4H3/t18-,19-,20+,21-,22-,24-,25+,26-,27+/m1/s1. The van der Waals surface area contributed by atoms with Gasteiger partial charge in [-0.05, 0) is 73.7 Å². The Balaban J connectivity index is 1.46. The lowest BCUT2D eigenvalue weighted by atomic mass is 9.43. The van der Waals surface area contributed by atoms with Crippen molar-refractivity contribution in [1.82, 2.24) is 0 Å². The molecule has 0 saturated heterocycles. The topological polar surface area (TPSA) is 99.1 Å². The van der Waals surface area contributed by atoms with Gasteiger partial charge in [0, 0.05) is 37.7 Å². The third kappa shape index (κ3) is 3.44. The molecule has 0 radical (unpaired) electrons. The molecule has 0 aromatic carbocycles. The van der Waals surface area contributed by atoms with Crippen molar-refractivity contribution in [3.05, 3.63) is 11.6 Å². The summed E-state index contributed by atoms with van der Waals surface area (Å²) in [6.07, 6.45) is 7.98. The van der Waals surface area contributed by atoms with E-state index < -0.39 is 17.1 Å². The lowest BCUT2D eigenvalue weighted by molar-refractivity contribution is -0.210. The summed E-state index contributed by atoms with van der Waals surface area (Å²) in [5.74, 6) is -0.190. The number of hydrogen-bond acceptors (Lipinski definition) is 7. The molecule has 0 aromatic rings. The van der Waals surface area contributed by atoms with Crippen molar-refractivity contribution >= 4 is 17.9 Å². The third-order valence-corrected chi connectivity index (χ3v) is 10.5. The van der Waals surface area contributed by atoms with Crippen LogP contribution in [-0.4, -0.2) is 47.4 Å². The molecule has 0 spiro atoms. The summed E-state index contributed by atoms with van der Waals surface area (Å²) in [4.78, 5) is 35.4. The molecule has 1 aliphatic heterocycles. The number of carbonyl (C=O) groups is 3. The van der Waals surface area contributed by atoms with Crippen LogP contribution in [0.4, 0.5) is 0 Å². The van der Waals surface area contributed by atoms with Crippen LogP contribution in [0.15, 0.2) is 11.6 Å². The zero-order valence-electron chi connectivity index (χ0n) is 20.8. The van der Waals surface area contributed by atoms with Gasteiger partial charge in [0.25, 0.3) is 0 Å². The van der Waals surface area contributed by atoms with Crippen LogP contribution in [0.3, 0.4) is 0 Å². The summed E-state index contributed by atoms with van der Waals surface area (Å²) >= 11 is 0. The molecule has 0 unspecified atom stereocenters. The maximum atomic E-state index is 12.5. The van der Waals surface area contributed by atoms with Crippen molar-refractivity contribution < 1.29 is 33.7 Å². The van der Waals surface area contributed by atoms with Crippen LogP contribution in [0.25, 0.3) is 0 Å². The van der Waals surface area contributed by atoms with Crippen LogP contribution in [0.1, 0.15) is 79.1 Å². The lowest BCUT2D eigenvalue weighted by Gasteiger charge is -2.63. The molecule has 188 valence electrons. The smallest absolute Gasteiger partial charge is 0.331 e. The van der Waals surface area contributed by atoms with Gasteiger partial charge in [-0.15, -0.1) is 0 Å². The average molecular weight is 475 g/mol. The van der Waals surface area contributed by atoms with Crippen LogP contribution in [-0.2, 0) is 28.6 Å². The summed E-state index contributed by atoms with van der Waals surface area (Å²) in [5.41, 5.74) is -0.535. The molecule has 0 amide bonds. The SMILES string of the molecule is CC(=O)O[C@@H]1CC[C@@]2(C)[C@H](CC[C@@H]3[C@@H]2CC[C@]2(C)[C@H](C4=CC(=O)OC4)[C@H](OC(C)=O)C[C@]32O)C1. The molecule has 5 aliphatic rings. The van der Waals surface area contributed by atoms with Crippen LogP contribution < -0.4 is 0 Å². The second kappa shape index (κ2) is 8.07. The van der Waals surface area contributed by atoms with Crippen LogP contribution in [0.5, 0.6) is 0 Å². The maximum absolute atomic E-state index is 12.5. The van der Waals surface area contributed by atoms with E-state index in [1.165, 1.54) is 13.8 Å². The molecule has 7 nitrogen and oxygen atoms in total. The number of cyclic esters (lactones) is 1. The highest BCUT2D eigenvalue weighted by Gasteiger charge is 2.71. The fourth-order valence-electron chi connectivity index (χ4n) is 9.08. The minimum absolute atomic E-state index is 0.000108. The largest absolute Gasteiger partial charge is 0.463 e. The molecule has 1 heterocycles. The zero-order valence-corrected chi connectivity index (χ0v) is 20.8. The van der Waals surface area contributed by atoms with Gasteiger partial charge in [-0.1, -0.05) is 13.8 Å². The molecule has 34 heavy (non-hydrogen) atoms. The number of carbonyl (C=O) groups excluding carboxylic acids is 3. The number of rotatable bonds is 3. The highest BCUT2D eigenvalue weighted by Crippen LogP contribution is 2.70. The Bertz CT molecular complexity index is 926.